The number of aromatic nitrogens is 3. The molecule has 1 aromatic carbocycles. The van der Waals surface area contributed by atoms with Crippen molar-refractivity contribution in [2.45, 2.75) is 44.4 Å². The number of aliphatic hydroxyl groups excluding tert-OH is 1. The van der Waals surface area contributed by atoms with Crippen LogP contribution in [0, 0.1) is 6.92 Å². The summed E-state index contributed by atoms with van der Waals surface area (Å²) in [4.78, 5) is 29.8. The topological polar surface area (TPSA) is 160 Å². The van der Waals surface area contributed by atoms with Crippen molar-refractivity contribution < 1.29 is 9.52 Å². The fraction of sp³-hybridized carbons (Fsp3) is 0.478. The number of hydrogen-bond donors (Lipinski definition) is 4. The maximum absolute atomic E-state index is 11.8. The lowest BCUT2D eigenvalue weighted by molar-refractivity contribution is 0.153. The molecule has 2 aliphatic heterocycles. The fourth-order valence-corrected chi connectivity index (χ4v) is 4.70. The average molecular weight is 467 g/mol. The van der Waals surface area contributed by atoms with E-state index >= 15 is 0 Å². The Labute approximate surface area is 196 Å². The number of hydrogen-bond acceptors (Lipinski definition) is 11. The molecule has 4 heterocycles. The van der Waals surface area contributed by atoms with Gasteiger partial charge in [-0.2, -0.15) is 15.0 Å². The third-order valence-electron chi connectivity index (χ3n) is 6.30. The highest BCUT2D eigenvalue weighted by Crippen LogP contribution is 2.26. The molecule has 0 spiro atoms. The number of nitrogens with zero attached hydrogens (tertiary/aromatic N) is 5. The average Bonchev–Trinajstić information content (AvgIpc) is 2.78. The van der Waals surface area contributed by atoms with E-state index in [1.165, 1.54) is 6.07 Å². The number of aliphatic hydroxyl groups is 1. The molecule has 0 radical (unpaired) electrons. The van der Waals surface area contributed by atoms with Crippen LogP contribution in [-0.2, 0) is 0 Å². The van der Waals surface area contributed by atoms with Gasteiger partial charge in [0.15, 0.2) is 0 Å². The summed E-state index contributed by atoms with van der Waals surface area (Å²) < 4.78 is 5.37. The number of rotatable bonds is 4. The molecule has 6 N–H and O–H groups in total. The van der Waals surface area contributed by atoms with Crippen LogP contribution in [0.4, 0.5) is 23.5 Å². The highest BCUT2D eigenvalue weighted by atomic mass is 16.4. The number of β-amino-alcohol motifs (C(OH)–C–C–N with tert-alkyl or cyclic N) is 1. The van der Waals surface area contributed by atoms with Crippen LogP contribution in [0.25, 0.3) is 11.0 Å². The Bertz CT molecular complexity index is 1240. The minimum Gasteiger partial charge on any atom is -0.423 e. The Hall–Kier alpha value is -3.28. The van der Waals surface area contributed by atoms with Gasteiger partial charge in [-0.05, 0) is 43.9 Å². The zero-order chi connectivity index (χ0) is 23.8. The van der Waals surface area contributed by atoms with Gasteiger partial charge < -0.3 is 36.1 Å². The Morgan fingerprint density at radius 1 is 1.06 bits per heavy atom. The van der Waals surface area contributed by atoms with E-state index in [1.54, 1.807) is 6.07 Å². The molecule has 0 saturated carbocycles. The number of nitrogens with two attached hydrogens (primary N) is 2. The van der Waals surface area contributed by atoms with E-state index in [2.05, 4.69) is 15.3 Å². The first-order valence-electron chi connectivity index (χ1n) is 11.6. The lowest BCUT2D eigenvalue weighted by Gasteiger charge is -2.35. The first-order valence-corrected chi connectivity index (χ1v) is 11.6. The van der Waals surface area contributed by atoms with Crippen LogP contribution in [-0.4, -0.2) is 64.4 Å². The highest BCUT2D eigenvalue weighted by Gasteiger charge is 2.27. The van der Waals surface area contributed by atoms with Crippen molar-refractivity contribution in [3.63, 3.8) is 0 Å². The molecule has 2 saturated heterocycles. The minimum atomic E-state index is -0.422. The molecule has 3 atom stereocenters. The van der Waals surface area contributed by atoms with Gasteiger partial charge in [-0.3, -0.25) is 0 Å². The van der Waals surface area contributed by atoms with Crippen LogP contribution in [0.5, 0.6) is 0 Å². The largest absolute Gasteiger partial charge is 0.423 e. The molecule has 1 unspecified atom stereocenters. The Morgan fingerprint density at radius 3 is 2.53 bits per heavy atom. The van der Waals surface area contributed by atoms with E-state index < -0.39 is 11.7 Å². The van der Waals surface area contributed by atoms with Gasteiger partial charge in [-0.1, -0.05) is 0 Å². The maximum atomic E-state index is 11.8. The molecule has 5 rings (SSSR count). The molecule has 34 heavy (non-hydrogen) atoms. The second-order valence-electron chi connectivity index (χ2n) is 9.25. The molecule has 2 fully saturated rings. The summed E-state index contributed by atoms with van der Waals surface area (Å²) in [5.74, 6) is 1.32. The van der Waals surface area contributed by atoms with Gasteiger partial charge in [-0.25, -0.2) is 4.79 Å². The van der Waals surface area contributed by atoms with Crippen LogP contribution in [0.15, 0.2) is 33.5 Å². The Morgan fingerprint density at radius 2 is 1.79 bits per heavy atom. The van der Waals surface area contributed by atoms with Crippen LogP contribution in [0.2, 0.25) is 0 Å². The van der Waals surface area contributed by atoms with E-state index in [0.717, 1.165) is 36.8 Å². The normalized spacial score (nSPS) is 23.4. The van der Waals surface area contributed by atoms with Crippen LogP contribution in [0.3, 0.4) is 0 Å². The smallest absolute Gasteiger partial charge is 0.336 e. The Kier molecular flexibility index (Phi) is 6.07. The molecule has 180 valence electrons. The molecule has 2 aromatic heterocycles. The number of benzene rings is 1. The van der Waals surface area contributed by atoms with Crippen LogP contribution >= 0.6 is 0 Å². The van der Waals surface area contributed by atoms with Crippen LogP contribution < -0.4 is 32.2 Å². The summed E-state index contributed by atoms with van der Waals surface area (Å²) in [6.07, 6.45) is 1.94. The van der Waals surface area contributed by atoms with E-state index in [-0.39, 0.29) is 12.1 Å². The number of anilines is 4. The van der Waals surface area contributed by atoms with Crippen molar-refractivity contribution in [3.8, 4) is 0 Å². The predicted molar refractivity (Wildman–Crippen MR) is 131 cm³/mol. The monoisotopic (exact) mass is 466 g/mol. The van der Waals surface area contributed by atoms with Gasteiger partial charge in [0.05, 0.1) is 6.10 Å². The lowest BCUT2D eigenvalue weighted by Crippen LogP contribution is -2.53. The summed E-state index contributed by atoms with van der Waals surface area (Å²) in [6, 6.07) is 6.87. The number of fused-ring (bicyclic) bond motifs is 1. The zero-order valence-electron chi connectivity index (χ0n) is 19.1. The standard InChI is InChI=1S/C23H30N8O3/c1-13-7-20(33)34-19-9-16(4-5-18(13)19)26-21-27-22(30-6-2-3-17(32)12-30)29-23(28-21)31-10-14(24)8-15(25)11-31/h4-5,7,9,14-15,17,32H,2-3,6,8,10-12,24-25H2,1H3,(H,26,27,28,29)/t14-,15+,17?. The summed E-state index contributed by atoms with van der Waals surface area (Å²) in [7, 11) is 0. The van der Waals surface area contributed by atoms with Gasteiger partial charge in [0.1, 0.15) is 5.58 Å². The van der Waals surface area contributed by atoms with Crippen molar-refractivity contribution in [3.05, 3.63) is 40.2 Å². The summed E-state index contributed by atoms with van der Waals surface area (Å²) in [6.45, 7) is 4.28. The second-order valence-corrected chi connectivity index (χ2v) is 9.25. The molecule has 0 aliphatic carbocycles. The SMILES string of the molecule is Cc1cc(=O)oc2cc(Nc3nc(N4CCCC(O)C4)nc(N4C[C@H](N)C[C@H](N)C4)n3)ccc12. The third kappa shape index (κ3) is 4.81. The van der Waals surface area contributed by atoms with Crippen molar-refractivity contribution in [1.82, 2.24) is 15.0 Å². The molecule has 0 bridgehead atoms. The van der Waals surface area contributed by atoms with E-state index in [9.17, 15) is 9.90 Å². The second kappa shape index (κ2) is 9.16. The molecule has 3 aromatic rings. The minimum absolute atomic E-state index is 0.0659. The van der Waals surface area contributed by atoms with Crippen LogP contribution in [0.1, 0.15) is 24.8 Å². The van der Waals surface area contributed by atoms with Crippen molar-refractivity contribution in [2.75, 3.05) is 41.3 Å². The number of nitrogens with one attached hydrogen (secondary N) is 1. The van der Waals surface area contributed by atoms with Crippen molar-refractivity contribution in [1.29, 1.82) is 0 Å². The fourth-order valence-electron chi connectivity index (χ4n) is 4.70. The van der Waals surface area contributed by atoms with Gasteiger partial charge in [0.2, 0.25) is 17.8 Å². The molecule has 11 nitrogen and oxygen atoms in total. The van der Waals surface area contributed by atoms with Crippen molar-refractivity contribution in [2.24, 2.45) is 11.5 Å². The summed E-state index contributed by atoms with van der Waals surface area (Å²) >= 11 is 0. The van der Waals surface area contributed by atoms with Gasteiger partial charge in [0.25, 0.3) is 0 Å². The number of aryl methyl sites for hydroxylation is 1. The molecular formula is C23H30N8O3. The lowest BCUT2D eigenvalue weighted by atomic mass is 10.0. The van der Waals surface area contributed by atoms with Crippen molar-refractivity contribution >= 4 is 34.5 Å². The summed E-state index contributed by atoms with van der Waals surface area (Å²) in [5.41, 5.74) is 14.0. The molecule has 11 heteroatoms. The maximum Gasteiger partial charge on any atom is 0.336 e. The molecule has 0 amide bonds. The van der Waals surface area contributed by atoms with Gasteiger partial charge >= 0.3 is 5.63 Å². The highest BCUT2D eigenvalue weighted by molar-refractivity contribution is 5.83. The van der Waals surface area contributed by atoms with E-state index in [1.807, 2.05) is 28.9 Å². The predicted octanol–water partition coefficient (Wildman–Crippen LogP) is 0.856. The van der Waals surface area contributed by atoms with E-state index in [0.29, 0.717) is 48.7 Å². The summed E-state index contributed by atoms with van der Waals surface area (Å²) in [5, 5.41) is 14.3. The third-order valence-corrected chi connectivity index (χ3v) is 6.30. The Balaban J connectivity index is 1.51. The molecular weight excluding hydrogens is 436 g/mol. The number of piperidine rings is 2. The molecule has 2 aliphatic rings. The zero-order valence-corrected chi connectivity index (χ0v) is 19.1. The van der Waals surface area contributed by atoms with E-state index in [4.69, 9.17) is 20.9 Å². The first-order chi connectivity index (χ1) is 16.3. The van der Waals surface area contributed by atoms with Gasteiger partial charge in [-0.15, -0.1) is 0 Å². The van der Waals surface area contributed by atoms with Gasteiger partial charge in [0, 0.05) is 61.5 Å². The quantitative estimate of drug-likeness (QED) is 0.404. The first kappa shape index (κ1) is 22.5.